The number of ether oxygens (including phenoxy) is 2. The lowest BCUT2D eigenvalue weighted by Gasteiger charge is -2.24. The zero-order valence-corrected chi connectivity index (χ0v) is 11.2. The van der Waals surface area contributed by atoms with Crippen molar-refractivity contribution in [3.05, 3.63) is 0 Å². The SMILES string of the molecule is CCOC(=O)CC(C)N(C)CCOC(C)C. The van der Waals surface area contributed by atoms with Crippen molar-refractivity contribution in [1.29, 1.82) is 0 Å². The second kappa shape index (κ2) is 8.53. The summed E-state index contributed by atoms with van der Waals surface area (Å²) in [7, 11) is 1.99. The topological polar surface area (TPSA) is 38.8 Å². The van der Waals surface area contributed by atoms with E-state index in [2.05, 4.69) is 4.90 Å². The van der Waals surface area contributed by atoms with Gasteiger partial charge in [-0.15, -0.1) is 0 Å². The molecule has 1 atom stereocenters. The van der Waals surface area contributed by atoms with Crippen LogP contribution in [0.25, 0.3) is 0 Å². The van der Waals surface area contributed by atoms with E-state index in [4.69, 9.17) is 9.47 Å². The second-order valence-corrected chi connectivity index (χ2v) is 4.26. The minimum Gasteiger partial charge on any atom is -0.466 e. The molecule has 0 radical (unpaired) electrons. The fourth-order valence-electron chi connectivity index (χ4n) is 1.27. The fourth-order valence-corrected chi connectivity index (χ4v) is 1.27. The third-order valence-corrected chi connectivity index (χ3v) is 2.42. The van der Waals surface area contributed by atoms with Crippen LogP contribution in [0.1, 0.15) is 34.1 Å². The van der Waals surface area contributed by atoms with Crippen LogP contribution < -0.4 is 0 Å². The first kappa shape index (κ1) is 15.4. The Hall–Kier alpha value is -0.610. The monoisotopic (exact) mass is 231 g/mol. The molecule has 0 heterocycles. The van der Waals surface area contributed by atoms with Gasteiger partial charge in [-0.25, -0.2) is 0 Å². The molecule has 0 aromatic rings. The van der Waals surface area contributed by atoms with E-state index in [0.717, 1.165) is 6.54 Å². The van der Waals surface area contributed by atoms with Gasteiger partial charge in [0.25, 0.3) is 0 Å². The number of carbonyl (C=O) groups is 1. The molecule has 0 aromatic heterocycles. The van der Waals surface area contributed by atoms with Gasteiger partial charge in [0.15, 0.2) is 0 Å². The molecule has 0 aliphatic carbocycles. The molecule has 0 N–H and O–H groups in total. The third-order valence-electron chi connectivity index (χ3n) is 2.42. The van der Waals surface area contributed by atoms with Crippen LogP contribution in [0.4, 0.5) is 0 Å². The number of likely N-dealkylation sites (N-methyl/N-ethyl adjacent to an activating group) is 1. The minimum atomic E-state index is -0.133. The summed E-state index contributed by atoms with van der Waals surface area (Å²) in [5.74, 6) is -0.133. The average molecular weight is 231 g/mol. The first-order valence-corrected chi connectivity index (χ1v) is 5.94. The molecule has 1 unspecified atom stereocenters. The van der Waals surface area contributed by atoms with Gasteiger partial charge in [-0.3, -0.25) is 4.79 Å². The summed E-state index contributed by atoms with van der Waals surface area (Å²) in [6, 6.07) is 0.190. The maximum absolute atomic E-state index is 11.3. The largest absolute Gasteiger partial charge is 0.466 e. The van der Waals surface area contributed by atoms with E-state index in [-0.39, 0.29) is 18.1 Å². The lowest BCUT2D eigenvalue weighted by molar-refractivity contribution is -0.144. The maximum Gasteiger partial charge on any atom is 0.307 e. The molecule has 0 rings (SSSR count). The first-order chi connectivity index (χ1) is 7.47. The van der Waals surface area contributed by atoms with Crippen LogP contribution in [-0.4, -0.2) is 49.8 Å². The molecule has 0 saturated carbocycles. The fraction of sp³-hybridized carbons (Fsp3) is 0.917. The summed E-state index contributed by atoms with van der Waals surface area (Å²) in [6.45, 7) is 9.85. The van der Waals surface area contributed by atoms with Crippen molar-refractivity contribution < 1.29 is 14.3 Å². The molecule has 0 fully saturated rings. The Bertz CT molecular complexity index is 195. The van der Waals surface area contributed by atoms with Crippen molar-refractivity contribution in [2.75, 3.05) is 26.8 Å². The zero-order valence-electron chi connectivity index (χ0n) is 11.2. The number of hydrogen-bond acceptors (Lipinski definition) is 4. The summed E-state index contributed by atoms with van der Waals surface area (Å²) in [5, 5.41) is 0. The van der Waals surface area contributed by atoms with E-state index >= 15 is 0 Å². The van der Waals surface area contributed by atoms with Crippen LogP contribution in [0.5, 0.6) is 0 Å². The summed E-state index contributed by atoms with van der Waals surface area (Å²) >= 11 is 0. The Morgan fingerprint density at radius 3 is 2.44 bits per heavy atom. The van der Waals surface area contributed by atoms with Crippen molar-refractivity contribution >= 4 is 5.97 Å². The Kier molecular flexibility index (Phi) is 8.21. The summed E-state index contributed by atoms with van der Waals surface area (Å²) < 4.78 is 10.4. The molecule has 96 valence electrons. The maximum atomic E-state index is 11.3. The van der Waals surface area contributed by atoms with Gasteiger partial charge in [0.05, 0.1) is 25.7 Å². The van der Waals surface area contributed by atoms with Crippen molar-refractivity contribution in [3.8, 4) is 0 Å². The standard InChI is InChI=1S/C12H25NO3/c1-6-15-12(14)9-11(4)13(5)7-8-16-10(2)3/h10-11H,6-9H2,1-5H3. The molecular weight excluding hydrogens is 206 g/mol. The molecule has 0 aliphatic heterocycles. The molecule has 0 saturated heterocycles. The number of nitrogens with zero attached hydrogens (tertiary/aromatic N) is 1. The van der Waals surface area contributed by atoms with Gasteiger partial charge in [0.1, 0.15) is 0 Å². The molecule has 0 amide bonds. The highest BCUT2D eigenvalue weighted by Crippen LogP contribution is 2.02. The number of hydrogen-bond donors (Lipinski definition) is 0. The molecule has 4 nitrogen and oxygen atoms in total. The minimum absolute atomic E-state index is 0.133. The van der Waals surface area contributed by atoms with Gasteiger partial charge in [-0.05, 0) is 34.7 Å². The van der Waals surface area contributed by atoms with Crippen LogP contribution >= 0.6 is 0 Å². The number of carbonyl (C=O) groups excluding carboxylic acids is 1. The average Bonchev–Trinajstić information content (AvgIpc) is 2.17. The Morgan fingerprint density at radius 1 is 1.31 bits per heavy atom. The molecule has 0 spiro atoms. The highest BCUT2D eigenvalue weighted by atomic mass is 16.5. The molecular formula is C12H25NO3. The molecule has 4 heteroatoms. The predicted molar refractivity (Wildman–Crippen MR) is 64.4 cm³/mol. The van der Waals surface area contributed by atoms with Crippen molar-refractivity contribution in [2.45, 2.75) is 46.3 Å². The van der Waals surface area contributed by atoms with Crippen LogP contribution in [0, 0.1) is 0 Å². The zero-order chi connectivity index (χ0) is 12.6. The van der Waals surface area contributed by atoms with Gasteiger partial charge < -0.3 is 14.4 Å². The number of rotatable bonds is 8. The van der Waals surface area contributed by atoms with E-state index in [1.54, 1.807) is 0 Å². The molecule has 0 aliphatic rings. The highest BCUT2D eigenvalue weighted by molar-refractivity contribution is 5.69. The van der Waals surface area contributed by atoms with E-state index in [1.165, 1.54) is 0 Å². The van der Waals surface area contributed by atoms with E-state index in [0.29, 0.717) is 19.6 Å². The molecule has 0 aromatic carbocycles. The van der Waals surface area contributed by atoms with Crippen LogP contribution in [-0.2, 0) is 14.3 Å². The van der Waals surface area contributed by atoms with Crippen LogP contribution in [0.15, 0.2) is 0 Å². The van der Waals surface area contributed by atoms with E-state index in [1.807, 2.05) is 34.7 Å². The van der Waals surface area contributed by atoms with Gasteiger partial charge in [0, 0.05) is 12.6 Å². The lowest BCUT2D eigenvalue weighted by atomic mass is 10.2. The van der Waals surface area contributed by atoms with Crippen molar-refractivity contribution in [2.24, 2.45) is 0 Å². The van der Waals surface area contributed by atoms with E-state index in [9.17, 15) is 4.79 Å². The van der Waals surface area contributed by atoms with Gasteiger partial charge >= 0.3 is 5.97 Å². The summed E-state index contributed by atoms with van der Waals surface area (Å²) in [5.41, 5.74) is 0. The van der Waals surface area contributed by atoms with Crippen LogP contribution in [0.2, 0.25) is 0 Å². The highest BCUT2D eigenvalue weighted by Gasteiger charge is 2.14. The Morgan fingerprint density at radius 2 is 1.94 bits per heavy atom. The van der Waals surface area contributed by atoms with Gasteiger partial charge in [-0.1, -0.05) is 0 Å². The van der Waals surface area contributed by atoms with E-state index < -0.39 is 0 Å². The third kappa shape index (κ3) is 7.65. The Labute approximate surface area is 98.9 Å². The first-order valence-electron chi connectivity index (χ1n) is 5.94. The van der Waals surface area contributed by atoms with Gasteiger partial charge in [0.2, 0.25) is 0 Å². The van der Waals surface area contributed by atoms with Crippen LogP contribution in [0.3, 0.4) is 0 Å². The second-order valence-electron chi connectivity index (χ2n) is 4.26. The smallest absolute Gasteiger partial charge is 0.307 e. The Balaban J connectivity index is 3.72. The van der Waals surface area contributed by atoms with Crippen molar-refractivity contribution in [3.63, 3.8) is 0 Å². The predicted octanol–water partition coefficient (Wildman–Crippen LogP) is 1.68. The van der Waals surface area contributed by atoms with Crippen molar-refractivity contribution in [1.82, 2.24) is 4.90 Å². The summed E-state index contributed by atoms with van der Waals surface area (Å²) in [6.07, 6.45) is 0.695. The number of esters is 1. The molecule has 16 heavy (non-hydrogen) atoms. The summed E-state index contributed by atoms with van der Waals surface area (Å²) in [4.78, 5) is 13.4. The quantitative estimate of drug-likeness (QED) is 0.596. The lowest BCUT2D eigenvalue weighted by Crippen LogP contribution is -2.34. The normalized spacial score (nSPS) is 13.2. The van der Waals surface area contributed by atoms with Gasteiger partial charge in [-0.2, -0.15) is 0 Å². The molecule has 0 bridgehead atoms.